The number of hydrogen-bond acceptors (Lipinski definition) is 3. The number of carbonyl (C=O) groups is 1. The molecule has 0 saturated heterocycles. The second kappa shape index (κ2) is 9.46. The molecule has 0 aliphatic carbocycles. The fourth-order valence-electron chi connectivity index (χ4n) is 2.05. The monoisotopic (exact) mass is 307 g/mol. The van der Waals surface area contributed by atoms with Gasteiger partial charge in [0, 0.05) is 12.6 Å². The lowest BCUT2D eigenvalue weighted by molar-refractivity contribution is 0.0494. The Bertz CT molecular complexity index is 426. The van der Waals surface area contributed by atoms with Gasteiger partial charge in [-0.2, -0.15) is 0 Å². The van der Waals surface area contributed by atoms with E-state index >= 15 is 0 Å². The van der Waals surface area contributed by atoms with E-state index in [0.29, 0.717) is 13.2 Å². The Labute approximate surface area is 134 Å². The first-order chi connectivity index (χ1) is 10.4. The Morgan fingerprint density at radius 1 is 1.23 bits per heavy atom. The van der Waals surface area contributed by atoms with Crippen LogP contribution in [0.15, 0.2) is 30.3 Å². The second-order valence-electron chi connectivity index (χ2n) is 6.43. The van der Waals surface area contributed by atoms with Crippen LogP contribution < -0.4 is 5.32 Å². The predicted octanol–water partition coefficient (Wildman–Crippen LogP) is 4.29. The zero-order valence-corrected chi connectivity index (χ0v) is 14.2. The van der Waals surface area contributed by atoms with E-state index in [1.54, 1.807) is 0 Å². The van der Waals surface area contributed by atoms with E-state index in [4.69, 9.17) is 9.47 Å². The molecule has 0 spiro atoms. The van der Waals surface area contributed by atoms with Gasteiger partial charge in [-0.05, 0) is 45.6 Å². The highest BCUT2D eigenvalue weighted by Gasteiger charge is 2.18. The van der Waals surface area contributed by atoms with Gasteiger partial charge in [0.05, 0.1) is 6.61 Å². The average molecular weight is 307 g/mol. The first kappa shape index (κ1) is 18.5. The van der Waals surface area contributed by atoms with Crippen molar-refractivity contribution >= 4 is 6.09 Å². The molecule has 0 aliphatic rings. The molecule has 0 fully saturated rings. The van der Waals surface area contributed by atoms with Gasteiger partial charge in [0.2, 0.25) is 0 Å². The maximum atomic E-state index is 11.7. The number of nitrogens with one attached hydrogen (secondary N) is 1. The third kappa shape index (κ3) is 8.67. The molecular formula is C18H29NO3. The van der Waals surface area contributed by atoms with Gasteiger partial charge in [-0.1, -0.05) is 37.3 Å². The van der Waals surface area contributed by atoms with E-state index in [-0.39, 0.29) is 12.1 Å². The van der Waals surface area contributed by atoms with Crippen LogP contribution in [-0.2, 0) is 16.1 Å². The quantitative estimate of drug-likeness (QED) is 0.729. The van der Waals surface area contributed by atoms with E-state index in [1.165, 1.54) is 5.56 Å². The van der Waals surface area contributed by atoms with Crippen molar-refractivity contribution in [2.45, 2.75) is 65.2 Å². The molecule has 4 nitrogen and oxygen atoms in total. The van der Waals surface area contributed by atoms with Crippen molar-refractivity contribution in [2.24, 2.45) is 0 Å². The third-order valence-electron chi connectivity index (χ3n) is 3.17. The molecule has 1 aromatic carbocycles. The van der Waals surface area contributed by atoms with Crippen molar-refractivity contribution in [1.29, 1.82) is 0 Å². The molecule has 0 radical (unpaired) electrons. The molecule has 22 heavy (non-hydrogen) atoms. The Morgan fingerprint density at radius 3 is 2.50 bits per heavy atom. The van der Waals surface area contributed by atoms with Crippen LogP contribution in [0.1, 0.15) is 52.5 Å². The minimum Gasteiger partial charge on any atom is -0.444 e. The van der Waals surface area contributed by atoms with Gasteiger partial charge in [0.1, 0.15) is 5.60 Å². The SMILES string of the molecule is CC[C@@H](CCCOCc1ccccc1)NC(=O)OC(C)(C)C. The summed E-state index contributed by atoms with van der Waals surface area (Å²) in [5.41, 5.74) is 0.725. The standard InChI is InChI=1S/C18H29NO3/c1-5-16(19-17(20)22-18(2,3)4)12-9-13-21-14-15-10-7-6-8-11-15/h6-8,10-11,16H,5,9,12-14H2,1-4H3,(H,19,20)/t16-/m0/s1. The number of amides is 1. The molecule has 0 aliphatic heterocycles. The second-order valence-corrected chi connectivity index (χ2v) is 6.43. The zero-order chi connectivity index (χ0) is 16.4. The smallest absolute Gasteiger partial charge is 0.407 e. The van der Waals surface area contributed by atoms with E-state index in [9.17, 15) is 4.79 Å². The van der Waals surface area contributed by atoms with Crippen LogP contribution in [0.3, 0.4) is 0 Å². The van der Waals surface area contributed by atoms with Crippen molar-refractivity contribution in [1.82, 2.24) is 5.32 Å². The highest BCUT2D eigenvalue weighted by Crippen LogP contribution is 2.09. The van der Waals surface area contributed by atoms with Gasteiger partial charge < -0.3 is 14.8 Å². The van der Waals surface area contributed by atoms with E-state index < -0.39 is 5.60 Å². The summed E-state index contributed by atoms with van der Waals surface area (Å²) in [5, 5.41) is 2.92. The van der Waals surface area contributed by atoms with E-state index in [1.807, 2.05) is 39.0 Å². The molecule has 0 unspecified atom stereocenters. The zero-order valence-electron chi connectivity index (χ0n) is 14.2. The summed E-state index contributed by atoms with van der Waals surface area (Å²) in [4.78, 5) is 11.7. The molecule has 1 N–H and O–H groups in total. The molecular weight excluding hydrogens is 278 g/mol. The molecule has 0 aromatic heterocycles. The lowest BCUT2D eigenvalue weighted by Gasteiger charge is -2.23. The van der Waals surface area contributed by atoms with Crippen molar-refractivity contribution in [3.05, 3.63) is 35.9 Å². The van der Waals surface area contributed by atoms with Crippen LogP contribution in [-0.4, -0.2) is 24.3 Å². The van der Waals surface area contributed by atoms with Gasteiger partial charge in [-0.3, -0.25) is 0 Å². The predicted molar refractivity (Wildman–Crippen MR) is 88.8 cm³/mol. The highest BCUT2D eigenvalue weighted by molar-refractivity contribution is 5.68. The molecule has 0 heterocycles. The van der Waals surface area contributed by atoms with Crippen molar-refractivity contribution in [2.75, 3.05) is 6.61 Å². The van der Waals surface area contributed by atoms with Gasteiger partial charge in [-0.15, -0.1) is 0 Å². The van der Waals surface area contributed by atoms with E-state index in [0.717, 1.165) is 19.3 Å². The Hall–Kier alpha value is -1.55. The lowest BCUT2D eigenvalue weighted by atomic mass is 10.1. The van der Waals surface area contributed by atoms with Crippen LogP contribution in [0.5, 0.6) is 0 Å². The average Bonchev–Trinajstić information content (AvgIpc) is 2.44. The van der Waals surface area contributed by atoms with Crippen LogP contribution in [0.2, 0.25) is 0 Å². The molecule has 1 atom stereocenters. The van der Waals surface area contributed by atoms with Crippen molar-refractivity contribution < 1.29 is 14.3 Å². The Morgan fingerprint density at radius 2 is 1.91 bits per heavy atom. The molecule has 1 aromatic rings. The maximum Gasteiger partial charge on any atom is 0.407 e. The minimum atomic E-state index is -0.457. The number of alkyl carbamates (subject to hydrolysis) is 1. The molecule has 0 saturated carbocycles. The summed E-state index contributed by atoms with van der Waals surface area (Å²) in [6.07, 6.45) is 2.36. The molecule has 1 rings (SSSR count). The first-order valence-electron chi connectivity index (χ1n) is 8.02. The molecule has 4 heteroatoms. The summed E-state index contributed by atoms with van der Waals surface area (Å²) in [5.74, 6) is 0. The van der Waals surface area contributed by atoms with Crippen molar-refractivity contribution in [3.63, 3.8) is 0 Å². The van der Waals surface area contributed by atoms with Gasteiger partial charge in [0.25, 0.3) is 0 Å². The van der Waals surface area contributed by atoms with Gasteiger partial charge in [0.15, 0.2) is 0 Å². The van der Waals surface area contributed by atoms with Gasteiger partial charge in [-0.25, -0.2) is 4.79 Å². The van der Waals surface area contributed by atoms with Crippen molar-refractivity contribution in [3.8, 4) is 0 Å². The largest absolute Gasteiger partial charge is 0.444 e. The normalized spacial score (nSPS) is 12.7. The van der Waals surface area contributed by atoms with E-state index in [2.05, 4.69) is 24.4 Å². The van der Waals surface area contributed by atoms with Crippen LogP contribution >= 0.6 is 0 Å². The fourth-order valence-corrected chi connectivity index (χ4v) is 2.05. The third-order valence-corrected chi connectivity index (χ3v) is 3.17. The molecule has 1 amide bonds. The summed E-state index contributed by atoms with van der Waals surface area (Å²) >= 11 is 0. The Kier molecular flexibility index (Phi) is 7.96. The number of benzene rings is 1. The van der Waals surface area contributed by atoms with Crippen LogP contribution in [0.4, 0.5) is 4.79 Å². The summed E-state index contributed by atoms with van der Waals surface area (Å²) in [6.45, 7) is 8.99. The topological polar surface area (TPSA) is 47.6 Å². The number of carbonyl (C=O) groups excluding carboxylic acids is 1. The summed E-state index contributed by atoms with van der Waals surface area (Å²) in [6, 6.07) is 10.3. The van der Waals surface area contributed by atoms with Crippen LogP contribution in [0, 0.1) is 0 Å². The molecule has 0 bridgehead atoms. The number of hydrogen-bond donors (Lipinski definition) is 1. The lowest BCUT2D eigenvalue weighted by Crippen LogP contribution is -2.38. The van der Waals surface area contributed by atoms with Crippen LogP contribution in [0.25, 0.3) is 0 Å². The molecule has 124 valence electrons. The minimum absolute atomic E-state index is 0.134. The highest BCUT2D eigenvalue weighted by atomic mass is 16.6. The maximum absolute atomic E-state index is 11.7. The van der Waals surface area contributed by atoms with Gasteiger partial charge >= 0.3 is 6.09 Å². The number of rotatable bonds is 8. The summed E-state index contributed by atoms with van der Waals surface area (Å²) < 4.78 is 10.9. The first-order valence-corrected chi connectivity index (χ1v) is 8.02. The number of ether oxygens (including phenoxy) is 2. The Balaban J connectivity index is 2.17. The summed E-state index contributed by atoms with van der Waals surface area (Å²) in [7, 11) is 0. The fraction of sp³-hybridized carbons (Fsp3) is 0.611.